The summed E-state index contributed by atoms with van der Waals surface area (Å²) in [5.41, 5.74) is 0. The molecular formula is C9H11ClINO. The van der Waals surface area contributed by atoms with Crippen molar-refractivity contribution >= 4 is 35.0 Å². The molecule has 0 aliphatic carbocycles. The van der Waals surface area contributed by atoms with Gasteiger partial charge in [0.2, 0.25) is 0 Å². The van der Waals surface area contributed by atoms with Crippen LogP contribution in [-0.2, 0) is 0 Å². The zero-order valence-electron chi connectivity index (χ0n) is 7.00. The highest BCUT2D eigenvalue weighted by Gasteiger charge is 2.18. The largest absolute Gasteiger partial charge is 0.487 e. The predicted octanol–water partition coefficient (Wildman–Crippen LogP) is 2.06. The van der Waals surface area contributed by atoms with Crippen molar-refractivity contribution in [1.29, 1.82) is 0 Å². The molecule has 0 bridgehead atoms. The van der Waals surface area contributed by atoms with Crippen LogP contribution in [0.3, 0.4) is 0 Å². The number of hydrogen-bond donors (Lipinski definition) is 1. The van der Waals surface area contributed by atoms with Gasteiger partial charge in [-0.05, 0) is 34.7 Å². The Morgan fingerprint density at radius 3 is 2.54 bits per heavy atom. The molecule has 0 unspecified atom stereocenters. The number of benzene rings is 1. The Balaban J connectivity index is 0.000000845. The predicted molar refractivity (Wildman–Crippen MR) is 63.7 cm³/mol. The number of halogens is 2. The zero-order chi connectivity index (χ0) is 8.39. The molecule has 1 aliphatic rings. The molecule has 0 radical (unpaired) electrons. The summed E-state index contributed by atoms with van der Waals surface area (Å²) >= 11 is 2.29. The quantitative estimate of drug-likeness (QED) is 0.844. The van der Waals surface area contributed by atoms with Gasteiger partial charge in [-0.3, -0.25) is 0 Å². The minimum atomic E-state index is 0. The maximum absolute atomic E-state index is 5.71. The highest BCUT2D eigenvalue weighted by atomic mass is 127. The molecular weight excluding hydrogens is 300 g/mol. The molecule has 2 rings (SSSR count). The first kappa shape index (κ1) is 11.1. The summed E-state index contributed by atoms with van der Waals surface area (Å²) in [7, 11) is 0. The van der Waals surface area contributed by atoms with Crippen LogP contribution in [0.1, 0.15) is 0 Å². The van der Waals surface area contributed by atoms with Crippen LogP contribution in [-0.4, -0.2) is 19.2 Å². The van der Waals surface area contributed by atoms with Crippen molar-refractivity contribution in [2.24, 2.45) is 0 Å². The summed E-state index contributed by atoms with van der Waals surface area (Å²) in [5.74, 6) is 1.00. The third-order valence-corrected chi connectivity index (χ3v) is 2.77. The van der Waals surface area contributed by atoms with Gasteiger partial charge in [-0.25, -0.2) is 0 Å². The molecule has 0 aromatic heterocycles. The van der Waals surface area contributed by atoms with E-state index in [2.05, 4.69) is 34.0 Å². The molecule has 1 fully saturated rings. The van der Waals surface area contributed by atoms with Gasteiger partial charge in [0.1, 0.15) is 11.9 Å². The lowest BCUT2D eigenvalue weighted by Gasteiger charge is -2.28. The topological polar surface area (TPSA) is 21.3 Å². The third kappa shape index (κ3) is 2.72. The normalized spacial score (nSPS) is 15.8. The Morgan fingerprint density at radius 1 is 1.31 bits per heavy atom. The third-order valence-electron chi connectivity index (χ3n) is 1.87. The van der Waals surface area contributed by atoms with E-state index in [0.29, 0.717) is 6.10 Å². The molecule has 0 amide bonds. The Kier molecular flexibility index (Phi) is 4.28. The molecule has 13 heavy (non-hydrogen) atoms. The highest BCUT2D eigenvalue weighted by molar-refractivity contribution is 14.1. The Morgan fingerprint density at radius 2 is 2.00 bits per heavy atom. The standard InChI is InChI=1S/C9H10INO.ClH/c10-8-3-1-2-4-9(8)12-7-5-11-6-7;/h1-4,7,11H,5-6H2;1H. The maximum Gasteiger partial charge on any atom is 0.133 e. The van der Waals surface area contributed by atoms with Crippen LogP contribution < -0.4 is 10.1 Å². The van der Waals surface area contributed by atoms with E-state index in [1.807, 2.05) is 18.2 Å². The Hall–Kier alpha value is -0.0000000000000000208. The highest BCUT2D eigenvalue weighted by Crippen LogP contribution is 2.21. The van der Waals surface area contributed by atoms with Gasteiger partial charge in [-0.1, -0.05) is 12.1 Å². The number of hydrogen-bond acceptors (Lipinski definition) is 2. The fourth-order valence-electron chi connectivity index (χ4n) is 1.07. The van der Waals surface area contributed by atoms with Crippen LogP contribution in [0.2, 0.25) is 0 Å². The van der Waals surface area contributed by atoms with Crippen LogP contribution in [0.4, 0.5) is 0 Å². The second-order valence-corrected chi connectivity index (χ2v) is 3.99. The summed E-state index contributed by atoms with van der Waals surface area (Å²) < 4.78 is 6.89. The average Bonchev–Trinajstić information content (AvgIpc) is 2.00. The lowest BCUT2D eigenvalue weighted by Crippen LogP contribution is -2.50. The average molecular weight is 312 g/mol. The fraction of sp³-hybridized carbons (Fsp3) is 0.333. The molecule has 4 heteroatoms. The summed E-state index contributed by atoms with van der Waals surface area (Å²) in [4.78, 5) is 0. The summed E-state index contributed by atoms with van der Waals surface area (Å²) in [5, 5.41) is 3.17. The van der Waals surface area contributed by atoms with Gasteiger partial charge in [0, 0.05) is 13.1 Å². The van der Waals surface area contributed by atoms with E-state index in [-0.39, 0.29) is 12.4 Å². The fourth-order valence-corrected chi connectivity index (χ4v) is 1.58. The van der Waals surface area contributed by atoms with Gasteiger partial charge < -0.3 is 10.1 Å². The van der Waals surface area contributed by atoms with Crippen LogP contribution >= 0.6 is 35.0 Å². The molecule has 1 N–H and O–H groups in total. The molecule has 2 nitrogen and oxygen atoms in total. The molecule has 1 aromatic carbocycles. The number of para-hydroxylation sites is 1. The second kappa shape index (κ2) is 5.02. The summed E-state index contributed by atoms with van der Waals surface area (Å²) in [6.45, 7) is 1.95. The SMILES string of the molecule is Cl.Ic1ccccc1OC1CNC1. The lowest BCUT2D eigenvalue weighted by atomic mass is 10.2. The van der Waals surface area contributed by atoms with Crippen molar-refractivity contribution in [2.45, 2.75) is 6.10 Å². The molecule has 1 saturated heterocycles. The number of nitrogens with one attached hydrogen (secondary N) is 1. The molecule has 1 aromatic rings. The van der Waals surface area contributed by atoms with E-state index < -0.39 is 0 Å². The zero-order valence-corrected chi connectivity index (χ0v) is 9.97. The molecule has 0 atom stereocenters. The molecule has 1 aliphatic heterocycles. The van der Waals surface area contributed by atoms with E-state index in [1.54, 1.807) is 0 Å². The summed E-state index contributed by atoms with van der Waals surface area (Å²) in [6.07, 6.45) is 0.376. The van der Waals surface area contributed by atoms with Crippen molar-refractivity contribution in [1.82, 2.24) is 5.32 Å². The summed E-state index contributed by atoms with van der Waals surface area (Å²) in [6, 6.07) is 8.10. The van der Waals surface area contributed by atoms with Crippen LogP contribution in [0, 0.1) is 3.57 Å². The Labute approximate surface area is 97.6 Å². The van der Waals surface area contributed by atoms with Gasteiger partial charge in [0.25, 0.3) is 0 Å². The first-order valence-corrected chi connectivity index (χ1v) is 5.06. The van der Waals surface area contributed by atoms with Crippen molar-refractivity contribution in [3.63, 3.8) is 0 Å². The van der Waals surface area contributed by atoms with Gasteiger partial charge in [-0.15, -0.1) is 12.4 Å². The molecule has 1 heterocycles. The van der Waals surface area contributed by atoms with E-state index in [9.17, 15) is 0 Å². The Bertz CT molecular complexity index is 278. The first-order chi connectivity index (χ1) is 5.86. The van der Waals surface area contributed by atoms with Crippen molar-refractivity contribution < 1.29 is 4.74 Å². The first-order valence-electron chi connectivity index (χ1n) is 3.98. The van der Waals surface area contributed by atoms with E-state index in [1.165, 1.54) is 3.57 Å². The molecule has 72 valence electrons. The van der Waals surface area contributed by atoms with E-state index >= 15 is 0 Å². The van der Waals surface area contributed by atoms with Crippen LogP contribution in [0.25, 0.3) is 0 Å². The van der Waals surface area contributed by atoms with Crippen molar-refractivity contribution in [2.75, 3.05) is 13.1 Å². The van der Waals surface area contributed by atoms with Crippen molar-refractivity contribution in [3.05, 3.63) is 27.8 Å². The van der Waals surface area contributed by atoms with Gasteiger partial charge in [0.05, 0.1) is 3.57 Å². The van der Waals surface area contributed by atoms with E-state index in [4.69, 9.17) is 4.74 Å². The van der Waals surface area contributed by atoms with Crippen molar-refractivity contribution in [3.8, 4) is 5.75 Å². The van der Waals surface area contributed by atoms with Gasteiger partial charge in [0.15, 0.2) is 0 Å². The monoisotopic (exact) mass is 311 g/mol. The number of rotatable bonds is 2. The lowest BCUT2D eigenvalue weighted by molar-refractivity contribution is 0.141. The number of ether oxygens (including phenoxy) is 1. The minimum absolute atomic E-state index is 0. The minimum Gasteiger partial charge on any atom is -0.487 e. The maximum atomic E-state index is 5.71. The van der Waals surface area contributed by atoms with E-state index in [0.717, 1.165) is 18.8 Å². The van der Waals surface area contributed by atoms with Crippen LogP contribution in [0.15, 0.2) is 24.3 Å². The second-order valence-electron chi connectivity index (χ2n) is 2.83. The molecule has 0 spiro atoms. The van der Waals surface area contributed by atoms with Gasteiger partial charge >= 0.3 is 0 Å². The van der Waals surface area contributed by atoms with Crippen LogP contribution in [0.5, 0.6) is 5.75 Å². The molecule has 0 saturated carbocycles. The smallest absolute Gasteiger partial charge is 0.133 e. The van der Waals surface area contributed by atoms with Gasteiger partial charge in [-0.2, -0.15) is 0 Å².